The minimum Gasteiger partial charge on any atom is -0.467 e. The highest BCUT2D eigenvalue weighted by Crippen LogP contribution is 2.40. The topological polar surface area (TPSA) is 55.4 Å². The number of carbonyl (C=O) groups is 2. The van der Waals surface area contributed by atoms with E-state index in [2.05, 4.69) is 5.32 Å². The first-order chi connectivity index (χ1) is 13.1. The predicted octanol–water partition coefficient (Wildman–Crippen LogP) is 4.00. The molecule has 1 N–H and O–H groups in total. The van der Waals surface area contributed by atoms with E-state index in [9.17, 15) is 9.59 Å². The molecule has 0 bridgehead atoms. The van der Waals surface area contributed by atoms with Gasteiger partial charge in [0, 0.05) is 20.9 Å². The minimum absolute atomic E-state index is 0.280. The van der Waals surface area contributed by atoms with Crippen LogP contribution in [0.5, 0.6) is 0 Å². The highest BCUT2D eigenvalue weighted by atomic mass is 32.2. The lowest BCUT2D eigenvalue weighted by Crippen LogP contribution is -2.48. The number of carbonyl (C=O) groups excluding carboxylic acids is 2. The number of fused-ring (bicyclic) bond motifs is 1. The molecule has 3 aromatic rings. The smallest absolute Gasteiger partial charge is 0.341 e. The first-order valence-corrected chi connectivity index (χ1v) is 9.30. The normalized spacial score (nSPS) is 17.9. The summed E-state index contributed by atoms with van der Waals surface area (Å²) < 4.78 is 5.09. The van der Waals surface area contributed by atoms with E-state index in [1.165, 1.54) is 7.11 Å². The van der Waals surface area contributed by atoms with E-state index >= 15 is 0 Å². The van der Waals surface area contributed by atoms with Gasteiger partial charge in [0.25, 0.3) is 5.91 Å². The third-order valence-corrected chi connectivity index (χ3v) is 5.61. The number of methoxy groups -OCH3 is 1. The maximum absolute atomic E-state index is 12.9. The lowest BCUT2D eigenvalue weighted by molar-refractivity contribution is -0.146. The number of ether oxygens (including phenoxy) is 1. The minimum atomic E-state index is -1.34. The van der Waals surface area contributed by atoms with E-state index in [1.54, 1.807) is 30.0 Å². The summed E-state index contributed by atoms with van der Waals surface area (Å²) in [6, 6.07) is 24.7. The molecule has 4 nitrogen and oxygen atoms in total. The molecule has 1 unspecified atom stereocenters. The Morgan fingerprint density at radius 3 is 2.41 bits per heavy atom. The largest absolute Gasteiger partial charge is 0.467 e. The van der Waals surface area contributed by atoms with Gasteiger partial charge in [-0.3, -0.25) is 4.79 Å². The van der Waals surface area contributed by atoms with Crippen LogP contribution < -0.4 is 5.32 Å². The Kier molecular flexibility index (Phi) is 4.46. The van der Waals surface area contributed by atoms with Crippen LogP contribution in [0, 0.1) is 0 Å². The molecular weight excluding hydrogens is 358 g/mol. The van der Waals surface area contributed by atoms with Crippen LogP contribution in [0.4, 0.5) is 0 Å². The van der Waals surface area contributed by atoms with Gasteiger partial charge in [-0.15, -0.1) is 0 Å². The Labute approximate surface area is 161 Å². The highest BCUT2D eigenvalue weighted by molar-refractivity contribution is 7.99. The van der Waals surface area contributed by atoms with Gasteiger partial charge < -0.3 is 10.1 Å². The van der Waals surface area contributed by atoms with E-state index in [1.807, 2.05) is 60.7 Å². The number of hydrogen-bond acceptors (Lipinski definition) is 4. The molecule has 0 aromatic heterocycles. The maximum atomic E-state index is 12.9. The monoisotopic (exact) mass is 375 g/mol. The van der Waals surface area contributed by atoms with Crippen molar-refractivity contribution in [2.75, 3.05) is 7.11 Å². The summed E-state index contributed by atoms with van der Waals surface area (Å²) in [7, 11) is 1.33. The third-order valence-electron chi connectivity index (χ3n) is 4.61. The van der Waals surface area contributed by atoms with Crippen LogP contribution in [0.2, 0.25) is 0 Å². The molecule has 134 valence electrons. The van der Waals surface area contributed by atoms with Gasteiger partial charge in [-0.05, 0) is 35.9 Å². The first kappa shape index (κ1) is 17.4. The molecule has 1 aliphatic rings. The number of amides is 1. The predicted molar refractivity (Wildman–Crippen MR) is 104 cm³/mol. The van der Waals surface area contributed by atoms with Gasteiger partial charge in [0.05, 0.1) is 7.11 Å². The lowest BCUT2D eigenvalue weighted by atomic mass is 9.83. The Morgan fingerprint density at radius 2 is 1.63 bits per heavy atom. The van der Waals surface area contributed by atoms with Crippen molar-refractivity contribution < 1.29 is 14.3 Å². The van der Waals surface area contributed by atoms with Crippen LogP contribution in [0.1, 0.15) is 21.5 Å². The average molecular weight is 375 g/mol. The fraction of sp³-hybridized carbons (Fsp3) is 0.0909. The van der Waals surface area contributed by atoms with Crippen LogP contribution in [-0.2, 0) is 15.1 Å². The Hall–Kier alpha value is -3.05. The molecule has 4 rings (SSSR count). The number of benzene rings is 3. The van der Waals surface area contributed by atoms with Crippen LogP contribution in [-0.4, -0.2) is 19.0 Å². The molecule has 1 atom stereocenters. The second kappa shape index (κ2) is 6.93. The Bertz CT molecular complexity index is 1020. The van der Waals surface area contributed by atoms with Crippen molar-refractivity contribution in [3.8, 4) is 0 Å². The Morgan fingerprint density at radius 1 is 0.926 bits per heavy atom. The Balaban J connectivity index is 1.83. The second-order valence-electron chi connectivity index (χ2n) is 6.18. The quantitative estimate of drug-likeness (QED) is 0.701. The van der Waals surface area contributed by atoms with Gasteiger partial charge in [0.1, 0.15) is 0 Å². The molecule has 0 radical (unpaired) electrons. The molecule has 1 amide bonds. The summed E-state index contributed by atoms with van der Waals surface area (Å²) in [4.78, 5) is 27.5. The third kappa shape index (κ3) is 2.90. The van der Waals surface area contributed by atoms with Crippen molar-refractivity contribution >= 4 is 23.6 Å². The number of nitrogens with one attached hydrogen (secondary N) is 1. The lowest BCUT2D eigenvalue weighted by Gasteiger charge is -2.28. The summed E-state index contributed by atoms with van der Waals surface area (Å²) in [6.07, 6.45) is 0. The van der Waals surface area contributed by atoms with Crippen LogP contribution in [0.25, 0.3) is 0 Å². The van der Waals surface area contributed by atoms with Gasteiger partial charge in [-0.1, -0.05) is 60.3 Å². The van der Waals surface area contributed by atoms with Crippen molar-refractivity contribution in [3.63, 3.8) is 0 Å². The van der Waals surface area contributed by atoms with Crippen LogP contribution in [0.15, 0.2) is 88.7 Å². The molecule has 0 aliphatic carbocycles. The molecule has 0 spiro atoms. The molecule has 0 fully saturated rings. The van der Waals surface area contributed by atoms with E-state index in [0.29, 0.717) is 16.7 Å². The maximum Gasteiger partial charge on any atom is 0.341 e. The molecule has 1 heterocycles. The summed E-state index contributed by atoms with van der Waals surface area (Å²) in [5.74, 6) is -0.792. The summed E-state index contributed by atoms with van der Waals surface area (Å²) >= 11 is 1.60. The zero-order valence-corrected chi connectivity index (χ0v) is 15.5. The van der Waals surface area contributed by atoms with Gasteiger partial charge in [0.2, 0.25) is 0 Å². The molecule has 1 aliphatic heterocycles. The van der Waals surface area contributed by atoms with Gasteiger partial charge in [-0.2, -0.15) is 0 Å². The molecule has 5 heteroatoms. The van der Waals surface area contributed by atoms with Crippen molar-refractivity contribution in [1.29, 1.82) is 0 Å². The second-order valence-corrected chi connectivity index (χ2v) is 7.33. The number of rotatable bonds is 4. The van der Waals surface area contributed by atoms with E-state index in [4.69, 9.17) is 4.74 Å². The summed E-state index contributed by atoms with van der Waals surface area (Å²) in [6.45, 7) is 0. The highest BCUT2D eigenvalue weighted by Gasteiger charge is 2.51. The first-order valence-electron chi connectivity index (χ1n) is 8.49. The summed E-state index contributed by atoms with van der Waals surface area (Å²) in [5, 5.41) is 2.87. The van der Waals surface area contributed by atoms with Gasteiger partial charge in [-0.25, -0.2) is 4.79 Å². The van der Waals surface area contributed by atoms with E-state index < -0.39 is 11.5 Å². The molecule has 27 heavy (non-hydrogen) atoms. The van der Waals surface area contributed by atoms with Gasteiger partial charge in [0.15, 0.2) is 5.54 Å². The molecule has 0 saturated carbocycles. The SMILES string of the molecule is COC(=O)C1(c2cccc(Sc3ccccc3)c2)NC(=O)c2ccccc21. The zero-order chi connectivity index (χ0) is 18.9. The van der Waals surface area contributed by atoms with Gasteiger partial charge >= 0.3 is 5.97 Å². The van der Waals surface area contributed by atoms with Crippen molar-refractivity contribution in [1.82, 2.24) is 5.32 Å². The number of esters is 1. The average Bonchev–Trinajstić information content (AvgIpc) is 3.02. The standard InChI is InChI=1S/C22H17NO3S/c1-26-21(25)22(19-13-6-5-12-18(19)20(24)23-22)15-8-7-11-17(14-15)27-16-9-3-2-4-10-16/h2-14H,1H3,(H,23,24). The van der Waals surface area contributed by atoms with E-state index in [-0.39, 0.29) is 5.91 Å². The fourth-order valence-corrected chi connectivity index (χ4v) is 4.29. The summed E-state index contributed by atoms with van der Waals surface area (Å²) in [5.41, 5.74) is 0.441. The van der Waals surface area contributed by atoms with Crippen molar-refractivity contribution in [2.45, 2.75) is 15.3 Å². The van der Waals surface area contributed by atoms with Crippen LogP contribution in [0.3, 0.4) is 0 Å². The fourth-order valence-electron chi connectivity index (χ4n) is 3.39. The van der Waals surface area contributed by atoms with E-state index in [0.717, 1.165) is 9.79 Å². The molecule has 3 aromatic carbocycles. The zero-order valence-electron chi connectivity index (χ0n) is 14.6. The molecular formula is C22H17NO3S. The molecule has 0 saturated heterocycles. The van der Waals surface area contributed by atoms with Crippen molar-refractivity contribution in [3.05, 3.63) is 95.6 Å². The van der Waals surface area contributed by atoms with Crippen molar-refractivity contribution in [2.24, 2.45) is 0 Å². The number of hydrogen-bond donors (Lipinski definition) is 1. The van der Waals surface area contributed by atoms with Crippen LogP contribution >= 0.6 is 11.8 Å².